The number of hydrogen-bond donors (Lipinski definition) is 0. The number of piperidine rings is 1. The summed E-state index contributed by atoms with van der Waals surface area (Å²) in [5, 5.41) is 0. The second-order valence-corrected chi connectivity index (χ2v) is 5.66. The van der Waals surface area contributed by atoms with Gasteiger partial charge in [-0.1, -0.05) is 6.92 Å². The zero-order chi connectivity index (χ0) is 11.3. The number of Topliss-reactive ketones (excluding diaryl/α,β-unsaturated/α-hetero) is 1. The standard InChI is InChI=1S/C13H21NO2/c1-8-9(2)14(6-5-12(8)15)11-7-10-3-4-13(11)16-10/h8-11,13H,3-7H2,1-2H3. The fraction of sp³-hybridized carbons (Fsp3) is 0.923. The van der Waals surface area contributed by atoms with Gasteiger partial charge in [0.1, 0.15) is 5.78 Å². The number of carbonyl (C=O) groups is 1. The van der Waals surface area contributed by atoms with Crippen LogP contribution in [0.3, 0.4) is 0 Å². The maximum atomic E-state index is 11.7. The average Bonchev–Trinajstić information content (AvgIpc) is 2.88. The van der Waals surface area contributed by atoms with Crippen LogP contribution < -0.4 is 0 Å². The Hall–Kier alpha value is -0.410. The molecular weight excluding hydrogens is 202 g/mol. The molecule has 3 aliphatic heterocycles. The Morgan fingerprint density at radius 3 is 2.75 bits per heavy atom. The van der Waals surface area contributed by atoms with Crippen LogP contribution in [-0.2, 0) is 9.53 Å². The number of nitrogens with zero attached hydrogens (tertiary/aromatic N) is 1. The molecule has 3 aliphatic rings. The van der Waals surface area contributed by atoms with E-state index < -0.39 is 0 Å². The Balaban J connectivity index is 1.73. The minimum atomic E-state index is 0.202. The largest absolute Gasteiger partial charge is 0.373 e. The van der Waals surface area contributed by atoms with Crippen molar-refractivity contribution >= 4 is 5.78 Å². The van der Waals surface area contributed by atoms with Crippen molar-refractivity contribution in [3.05, 3.63) is 0 Å². The van der Waals surface area contributed by atoms with E-state index in [1.165, 1.54) is 19.3 Å². The molecule has 5 unspecified atom stereocenters. The van der Waals surface area contributed by atoms with Gasteiger partial charge in [-0.05, 0) is 26.2 Å². The molecule has 0 radical (unpaired) electrons. The van der Waals surface area contributed by atoms with Crippen molar-refractivity contribution in [1.29, 1.82) is 0 Å². The average molecular weight is 223 g/mol. The Kier molecular flexibility index (Phi) is 2.55. The van der Waals surface area contributed by atoms with Gasteiger partial charge in [0, 0.05) is 31.0 Å². The maximum absolute atomic E-state index is 11.7. The van der Waals surface area contributed by atoms with Crippen LogP contribution in [0.25, 0.3) is 0 Å². The summed E-state index contributed by atoms with van der Waals surface area (Å²) in [5.41, 5.74) is 0. The summed E-state index contributed by atoms with van der Waals surface area (Å²) in [6, 6.07) is 0.985. The normalized spacial score (nSPS) is 48.9. The molecule has 0 aromatic carbocycles. The second-order valence-electron chi connectivity index (χ2n) is 5.66. The third-order valence-corrected chi connectivity index (χ3v) is 4.87. The predicted octanol–water partition coefficient (Wildman–Crippen LogP) is 1.61. The van der Waals surface area contributed by atoms with Crippen molar-refractivity contribution in [3.8, 4) is 0 Å². The van der Waals surface area contributed by atoms with Crippen LogP contribution in [0.1, 0.15) is 39.5 Å². The minimum absolute atomic E-state index is 0.202. The zero-order valence-electron chi connectivity index (χ0n) is 10.2. The van der Waals surface area contributed by atoms with Gasteiger partial charge in [0.25, 0.3) is 0 Å². The first kappa shape index (κ1) is 10.7. The van der Waals surface area contributed by atoms with E-state index in [1.54, 1.807) is 0 Å². The van der Waals surface area contributed by atoms with E-state index in [1.807, 2.05) is 0 Å². The number of carbonyl (C=O) groups excluding carboxylic acids is 1. The van der Waals surface area contributed by atoms with Gasteiger partial charge in [-0.15, -0.1) is 0 Å². The number of ether oxygens (including phenoxy) is 1. The van der Waals surface area contributed by atoms with Gasteiger partial charge in [0.15, 0.2) is 0 Å². The predicted molar refractivity (Wildman–Crippen MR) is 61.3 cm³/mol. The third-order valence-electron chi connectivity index (χ3n) is 4.87. The molecule has 0 spiro atoms. The zero-order valence-corrected chi connectivity index (χ0v) is 10.2. The Morgan fingerprint density at radius 2 is 2.12 bits per heavy atom. The molecule has 5 atom stereocenters. The third kappa shape index (κ3) is 1.52. The van der Waals surface area contributed by atoms with Crippen LogP contribution in [0.2, 0.25) is 0 Å². The molecule has 90 valence electrons. The fourth-order valence-corrected chi connectivity index (χ4v) is 3.65. The highest BCUT2D eigenvalue weighted by atomic mass is 16.5. The van der Waals surface area contributed by atoms with Crippen LogP contribution in [0.15, 0.2) is 0 Å². The summed E-state index contributed by atoms with van der Waals surface area (Å²) >= 11 is 0. The van der Waals surface area contributed by atoms with E-state index in [0.29, 0.717) is 30.1 Å². The van der Waals surface area contributed by atoms with Crippen LogP contribution in [0.4, 0.5) is 0 Å². The van der Waals surface area contributed by atoms with Crippen molar-refractivity contribution in [2.45, 2.75) is 63.8 Å². The molecule has 16 heavy (non-hydrogen) atoms. The van der Waals surface area contributed by atoms with Gasteiger partial charge in [-0.25, -0.2) is 0 Å². The topological polar surface area (TPSA) is 29.5 Å². The molecule has 0 aromatic rings. The summed E-state index contributed by atoms with van der Waals surface area (Å²) in [6.45, 7) is 5.22. The van der Waals surface area contributed by atoms with Crippen LogP contribution in [0.5, 0.6) is 0 Å². The molecule has 2 bridgehead atoms. The molecule has 0 aliphatic carbocycles. The van der Waals surface area contributed by atoms with Gasteiger partial charge in [-0.3, -0.25) is 9.69 Å². The molecule has 3 fully saturated rings. The van der Waals surface area contributed by atoms with Crippen LogP contribution in [-0.4, -0.2) is 41.5 Å². The number of ketones is 1. The molecule has 0 N–H and O–H groups in total. The monoisotopic (exact) mass is 223 g/mol. The van der Waals surface area contributed by atoms with Gasteiger partial charge >= 0.3 is 0 Å². The Morgan fingerprint density at radius 1 is 1.31 bits per heavy atom. The van der Waals surface area contributed by atoms with Crippen molar-refractivity contribution in [3.63, 3.8) is 0 Å². The Bertz CT molecular complexity index is 304. The lowest BCUT2D eigenvalue weighted by molar-refractivity contribution is -0.129. The summed E-state index contributed by atoms with van der Waals surface area (Å²) < 4.78 is 5.92. The molecule has 0 aromatic heterocycles. The van der Waals surface area contributed by atoms with E-state index in [4.69, 9.17) is 4.74 Å². The lowest BCUT2D eigenvalue weighted by Gasteiger charge is -2.42. The fourth-order valence-electron chi connectivity index (χ4n) is 3.65. The van der Waals surface area contributed by atoms with E-state index in [9.17, 15) is 4.79 Å². The summed E-state index contributed by atoms with van der Waals surface area (Å²) in [6.07, 6.45) is 5.36. The molecule has 3 heterocycles. The summed E-state index contributed by atoms with van der Waals surface area (Å²) in [4.78, 5) is 14.2. The smallest absolute Gasteiger partial charge is 0.138 e. The van der Waals surface area contributed by atoms with E-state index in [2.05, 4.69) is 18.7 Å². The van der Waals surface area contributed by atoms with E-state index in [0.717, 1.165) is 13.0 Å². The van der Waals surface area contributed by atoms with Crippen LogP contribution in [0, 0.1) is 5.92 Å². The molecule has 3 nitrogen and oxygen atoms in total. The van der Waals surface area contributed by atoms with Crippen molar-refractivity contribution in [2.24, 2.45) is 5.92 Å². The van der Waals surface area contributed by atoms with Crippen LogP contribution >= 0.6 is 0 Å². The van der Waals surface area contributed by atoms with Gasteiger partial charge in [-0.2, -0.15) is 0 Å². The highest BCUT2D eigenvalue weighted by Crippen LogP contribution is 2.39. The van der Waals surface area contributed by atoms with Crippen molar-refractivity contribution in [2.75, 3.05) is 6.54 Å². The number of hydrogen-bond acceptors (Lipinski definition) is 3. The first-order valence-corrected chi connectivity index (χ1v) is 6.60. The number of likely N-dealkylation sites (tertiary alicyclic amines) is 1. The molecule has 3 heteroatoms. The van der Waals surface area contributed by atoms with Gasteiger partial charge in [0.05, 0.1) is 12.2 Å². The van der Waals surface area contributed by atoms with Crippen molar-refractivity contribution in [1.82, 2.24) is 4.90 Å². The summed E-state index contributed by atoms with van der Waals surface area (Å²) in [7, 11) is 0. The molecule has 3 rings (SSSR count). The quantitative estimate of drug-likeness (QED) is 0.676. The molecule has 0 saturated carbocycles. The first-order valence-electron chi connectivity index (χ1n) is 6.60. The van der Waals surface area contributed by atoms with E-state index >= 15 is 0 Å². The summed E-state index contributed by atoms with van der Waals surface area (Å²) in [5.74, 6) is 0.640. The maximum Gasteiger partial charge on any atom is 0.138 e. The Labute approximate surface area is 97.1 Å². The second kappa shape index (κ2) is 3.81. The lowest BCUT2D eigenvalue weighted by Crippen LogP contribution is -2.54. The highest BCUT2D eigenvalue weighted by Gasteiger charge is 2.46. The molecular formula is C13H21NO2. The molecule has 3 saturated heterocycles. The molecule has 0 amide bonds. The minimum Gasteiger partial charge on any atom is -0.373 e. The highest BCUT2D eigenvalue weighted by molar-refractivity contribution is 5.82. The lowest BCUT2D eigenvalue weighted by atomic mass is 9.86. The number of rotatable bonds is 1. The van der Waals surface area contributed by atoms with Gasteiger partial charge in [0.2, 0.25) is 0 Å². The number of fused-ring (bicyclic) bond motifs is 2. The first-order chi connectivity index (χ1) is 7.66. The SMILES string of the molecule is CC1C(=O)CCN(C2CC3CCC2O3)C1C. The van der Waals surface area contributed by atoms with Crippen molar-refractivity contribution < 1.29 is 9.53 Å². The van der Waals surface area contributed by atoms with E-state index in [-0.39, 0.29) is 5.92 Å². The van der Waals surface area contributed by atoms with Gasteiger partial charge < -0.3 is 4.74 Å².